The van der Waals surface area contributed by atoms with Crippen molar-refractivity contribution in [2.75, 3.05) is 0 Å². The maximum absolute atomic E-state index is 11.1. The van der Waals surface area contributed by atoms with Gasteiger partial charge in [-0.25, -0.2) is 0 Å². The van der Waals surface area contributed by atoms with Gasteiger partial charge in [-0.05, 0) is 30.7 Å². The predicted octanol–water partition coefficient (Wildman–Crippen LogP) is 4.60. The van der Waals surface area contributed by atoms with Crippen molar-refractivity contribution in [3.05, 3.63) is 10.1 Å². The number of hydrogen-bond donors (Lipinski definition) is 0. The molecule has 2 heteroatoms. The van der Waals surface area contributed by atoms with Crippen LogP contribution in [-0.4, -0.2) is 5.78 Å². The Morgan fingerprint density at radius 3 is 2.21 bits per heavy atom. The van der Waals surface area contributed by atoms with Crippen molar-refractivity contribution in [1.29, 1.82) is 0 Å². The van der Waals surface area contributed by atoms with Crippen LogP contribution >= 0.6 is 15.9 Å². The summed E-state index contributed by atoms with van der Waals surface area (Å²) >= 11 is 3.60. The van der Waals surface area contributed by atoms with Crippen LogP contribution in [0.1, 0.15) is 59.3 Å². The Bertz CT molecular complexity index is 206. The van der Waals surface area contributed by atoms with Crippen molar-refractivity contribution in [1.82, 2.24) is 0 Å². The van der Waals surface area contributed by atoms with Crippen LogP contribution in [0.3, 0.4) is 0 Å². The Hall–Kier alpha value is -0.110. The number of Topliss-reactive ketones (excluding diaryl/α,β-unsaturated/α-hetero) is 1. The minimum atomic E-state index is 0.266. The van der Waals surface area contributed by atoms with Crippen LogP contribution in [-0.2, 0) is 4.79 Å². The van der Waals surface area contributed by atoms with Gasteiger partial charge in [0.25, 0.3) is 0 Å². The summed E-state index contributed by atoms with van der Waals surface area (Å²) in [6, 6.07) is 0. The first-order chi connectivity index (χ1) is 6.61. The maximum atomic E-state index is 11.1. The summed E-state index contributed by atoms with van der Waals surface area (Å²) in [6.45, 7) is 6.00. The van der Waals surface area contributed by atoms with E-state index in [-0.39, 0.29) is 5.78 Å². The Kier molecular flexibility index (Phi) is 8.15. The highest BCUT2D eigenvalue weighted by Gasteiger charge is 2.06. The number of carbonyl (C=O) groups excluding carboxylic acids is 1. The summed E-state index contributed by atoms with van der Waals surface area (Å²) in [5.41, 5.74) is 1.30. The number of hydrogen-bond acceptors (Lipinski definition) is 1. The molecule has 82 valence electrons. The Balaban J connectivity index is 4.32. The molecule has 0 saturated heterocycles. The molecule has 0 saturated carbocycles. The van der Waals surface area contributed by atoms with Crippen LogP contribution in [0.2, 0.25) is 0 Å². The highest BCUT2D eigenvalue weighted by Crippen LogP contribution is 2.25. The molecule has 1 nitrogen and oxygen atoms in total. The number of ketones is 1. The summed E-state index contributed by atoms with van der Waals surface area (Å²) in [6.07, 6.45) is 6.27. The van der Waals surface area contributed by atoms with Crippen LogP contribution in [0.4, 0.5) is 0 Å². The van der Waals surface area contributed by atoms with E-state index in [0.29, 0.717) is 6.42 Å². The number of rotatable bonds is 7. The van der Waals surface area contributed by atoms with Crippen molar-refractivity contribution >= 4 is 21.7 Å². The molecule has 0 fully saturated rings. The van der Waals surface area contributed by atoms with Gasteiger partial charge in [0, 0.05) is 6.42 Å². The third-order valence-electron chi connectivity index (χ3n) is 2.15. The molecule has 0 unspecified atom stereocenters. The van der Waals surface area contributed by atoms with Gasteiger partial charge in [0.2, 0.25) is 0 Å². The van der Waals surface area contributed by atoms with Gasteiger partial charge in [0.15, 0.2) is 0 Å². The summed E-state index contributed by atoms with van der Waals surface area (Å²) in [5, 5.41) is 0. The summed E-state index contributed by atoms with van der Waals surface area (Å²) < 4.78 is 1.26. The first-order valence-electron chi connectivity index (χ1n) is 5.47. The first kappa shape index (κ1) is 13.9. The van der Waals surface area contributed by atoms with E-state index in [2.05, 4.69) is 29.8 Å². The molecule has 0 aliphatic heterocycles. The molecule has 0 aromatic rings. The first-order valence-corrected chi connectivity index (χ1v) is 6.26. The third-order valence-corrected chi connectivity index (χ3v) is 3.10. The van der Waals surface area contributed by atoms with Gasteiger partial charge in [0.1, 0.15) is 5.78 Å². The summed E-state index contributed by atoms with van der Waals surface area (Å²) in [7, 11) is 0. The van der Waals surface area contributed by atoms with Crippen molar-refractivity contribution in [2.45, 2.75) is 59.3 Å². The number of carbonyl (C=O) groups is 1. The fraction of sp³-hybridized carbons (Fsp3) is 0.750. The molecule has 0 spiro atoms. The van der Waals surface area contributed by atoms with Crippen LogP contribution in [0, 0.1) is 0 Å². The Labute approximate surface area is 96.1 Å². The van der Waals surface area contributed by atoms with Gasteiger partial charge in [-0.2, -0.15) is 0 Å². The zero-order valence-corrected chi connectivity index (χ0v) is 11.1. The normalized spacial score (nSPS) is 12.6. The molecule has 0 aromatic heterocycles. The second kappa shape index (κ2) is 8.22. The van der Waals surface area contributed by atoms with Gasteiger partial charge in [0.05, 0.1) is 0 Å². The fourth-order valence-electron chi connectivity index (χ4n) is 1.43. The van der Waals surface area contributed by atoms with Gasteiger partial charge < -0.3 is 0 Å². The smallest absolute Gasteiger partial charge is 0.133 e. The van der Waals surface area contributed by atoms with Gasteiger partial charge in [-0.1, -0.05) is 48.2 Å². The molecule has 0 N–H and O–H groups in total. The van der Waals surface area contributed by atoms with E-state index in [1.54, 1.807) is 6.92 Å². The average molecular weight is 261 g/mol. The topological polar surface area (TPSA) is 17.1 Å². The second-order valence-electron chi connectivity index (χ2n) is 3.74. The quantitative estimate of drug-likeness (QED) is 0.654. The molecule has 0 rings (SSSR count). The van der Waals surface area contributed by atoms with Gasteiger partial charge >= 0.3 is 0 Å². The molecule has 0 aliphatic carbocycles. The van der Waals surface area contributed by atoms with Crippen molar-refractivity contribution in [3.8, 4) is 0 Å². The predicted molar refractivity (Wildman–Crippen MR) is 65.7 cm³/mol. The minimum absolute atomic E-state index is 0.266. The van der Waals surface area contributed by atoms with Crippen molar-refractivity contribution < 1.29 is 4.79 Å². The lowest BCUT2D eigenvalue weighted by Gasteiger charge is -2.08. The highest BCUT2D eigenvalue weighted by atomic mass is 79.9. The van der Waals surface area contributed by atoms with Crippen LogP contribution in [0.15, 0.2) is 10.1 Å². The number of unbranched alkanes of at least 4 members (excludes halogenated alkanes) is 1. The molecule has 0 radical (unpaired) electrons. The SMILES string of the molecule is CCCC/C(Br)=C(/CCC)CC(C)=O. The fourth-order valence-corrected chi connectivity index (χ4v) is 2.05. The molecular weight excluding hydrogens is 240 g/mol. The van der Waals surface area contributed by atoms with Crippen molar-refractivity contribution in [3.63, 3.8) is 0 Å². The summed E-state index contributed by atoms with van der Waals surface area (Å²) in [4.78, 5) is 11.1. The summed E-state index contributed by atoms with van der Waals surface area (Å²) in [5.74, 6) is 0.266. The Morgan fingerprint density at radius 1 is 1.14 bits per heavy atom. The van der Waals surface area contributed by atoms with E-state index in [9.17, 15) is 4.79 Å². The zero-order chi connectivity index (χ0) is 11.0. The lowest BCUT2D eigenvalue weighted by atomic mass is 10.0. The van der Waals surface area contributed by atoms with E-state index < -0.39 is 0 Å². The molecule has 14 heavy (non-hydrogen) atoms. The van der Waals surface area contributed by atoms with Gasteiger partial charge in [-0.15, -0.1) is 0 Å². The van der Waals surface area contributed by atoms with E-state index in [4.69, 9.17) is 0 Å². The largest absolute Gasteiger partial charge is 0.300 e. The van der Waals surface area contributed by atoms with E-state index in [0.717, 1.165) is 19.3 Å². The lowest BCUT2D eigenvalue weighted by molar-refractivity contribution is -0.116. The monoisotopic (exact) mass is 260 g/mol. The lowest BCUT2D eigenvalue weighted by Crippen LogP contribution is -1.96. The maximum Gasteiger partial charge on any atom is 0.133 e. The van der Waals surface area contributed by atoms with Crippen LogP contribution in [0.25, 0.3) is 0 Å². The van der Waals surface area contributed by atoms with Crippen LogP contribution in [0.5, 0.6) is 0 Å². The van der Waals surface area contributed by atoms with E-state index in [1.807, 2.05) is 0 Å². The minimum Gasteiger partial charge on any atom is -0.300 e. The number of halogens is 1. The second-order valence-corrected chi connectivity index (χ2v) is 4.70. The molecule has 0 bridgehead atoms. The standard InChI is InChI=1S/C12H21BrO/c1-4-6-8-12(13)11(7-5-2)9-10(3)14/h4-9H2,1-3H3/b12-11+. The Morgan fingerprint density at radius 2 is 1.79 bits per heavy atom. The molecule has 0 aliphatic rings. The van der Waals surface area contributed by atoms with Crippen molar-refractivity contribution in [2.24, 2.45) is 0 Å². The van der Waals surface area contributed by atoms with Crippen LogP contribution < -0.4 is 0 Å². The van der Waals surface area contributed by atoms with Gasteiger partial charge in [-0.3, -0.25) is 4.79 Å². The third kappa shape index (κ3) is 6.36. The average Bonchev–Trinajstić information content (AvgIpc) is 2.13. The zero-order valence-electron chi connectivity index (χ0n) is 9.53. The van der Waals surface area contributed by atoms with E-state index in [1.165, 1.54) is 22.9 Å². The molecule has 0 atom stereocenters. The van der Waals surface area contributed by atoms with E-state index >= 15 is 0 Å². The highest BCUT2D eigenvalue weighted by molar-refractivity contribution is 9.11. The molecule has 0 amide bonds. The molecule has 0 aromatic carbocycles. The molecular formula is C12H21BrO. The molecule has 0 heterocycles. The number of allylic oxidation sites excluding steroid dienone is 2.